The van der Waals surface area contributed by atoms with Crippen LogP contribution in [-0.2, 0) is 9.53 Å². The highest BCUT2D eigenvalue weighted by Gasteiger charge is 2.17. The minimum Gasteiger partial charge on any atom is -0.481 e. The Hall–Kier alpha value is -1.14. The Bertz CT molecular complexity index is 435. The molecule has 1 aromatic carbocycles. The van der Waals surface area contributed by atoms with Crippen molar-refractivity contribution in [1.82, 2.24) is 4.90 Å². The zero-order chi connectivity index (χ0) is 13.0. The van der Waals surface area contributed by atoms with E-state index in [1.165, 1.54) is 12.1 Å². The largest absolute Gasteiger partial charge is 0.481 e. The predicted molar refractivity (Wildman–Crippen MR) is 67.0 cm³/mol. The van der Waals surface area contributed by atoms with E-state index in [0.717, 1.165) is 0 Å². The molecule has 0 bridgehead atoms. The topological polar surface area (TPSA) is 38.8 Å². The summed E-state index contributed by atoms with van der Waals surface area (Å²) in [5.41, 5.74) is 0. The number of morpholine rings is 1. The molecule has 1 amide bonds. The van der Waals surface area contributed by atoms with Crippen molar-refractivity contribution in [2.45, 2.75) is 0 Å². The average Bonchev–Trinajstić information content (AvgIpc) is 2.38. The maximum Gasteiger partial charge on any atom is 0.260 e. The highest BCUT2D eigenvalue weighted by atomic mass is 79.9. The summed E-state index contributed by atoms with van der Waals surface area (Å²) < 4.78 is 24.4. The lowest BCUT2D eigenvalue weighted by Crippen LogP contribution is -2.43. The summed E-state index contributed by atoms with van der Waals surface area (Å²) in [7, 11) is 0. The summed E-state index contributed by atoms with van der Waals surface area (Å²) in [5, 5.41) is 0. The predicted octanol–water partition coefficient (Wildman–Crippen LogP) is 1.83. The van der Waals surface area contributed by atoms with Gasteiger partial charge in [-0.1, -0.05) is 15.9 Å². The van der Waals surface area contributed by atoms with Crippen LogP contribution in [0.5, 0.6) is 5.75 Å². The van der Waals surface area contributed by atoms with E-state index in [4.69, 9.17) is 9.47 Å². The summed E-state index contributed by atoms with van der Waals surface area (Å²) in [6, 6.07) is 4.46. The van der Waals surface area contributed by atoms with Crippen LogP contribution in [0.1, 0.15) is 0 Å². The first-order chi connectivity index (χ1) is 8.66. The molecule has 0 aliphatic carbocycles. The number of nitrogens with zero attached hydrogens (tertiary/aromatic N) is 1. The number of hydrogen-bond acceptors (Lipinski definition) is 3. The molecule has 0 aromatic heterocycles. The van der Waals surface area contributed by atoms with Crippen molar-refractivity contribution < 1.29 is 18.7 Å². The third-order valence-corrected chi connectivity index (χ3v) is 3.10. The molecule has 1 heterocycles. The van der Waals surface area contributed by atoms with E-state index in [9.17, 15) is 9.18 Å². The van der Waals surface area contributed by atoms with Gasteiger partial charge in [-0.15, -0.1) is 0 Å². The molecule has 0 spiro atoms. The molecule has 2 rings (SSSR count). The van der Waals surface area contributed by atoms with Gasteiger partial charge < -0.3 is 14.4 Å². The van der Waals surface area contributed by atoms with E-state index in [1.807, 2.05) is 0 Å². The SMILES string of the molecule is O=C(COc1ccc(Br)cc1F)N1CCOCC1. The lowest BCUT2D eigenvalue weighted by Gasteiger charge is -2.26. The van der Waals surface area contributed by atoms with Crippen LogP contribution in [0.2, 0.25) is 0 Å². The van der Waals surface area contributed by atoms with Crippen molar-refractivity contribution in [2.24, 2.45) is 0 Å². The first kappa shape index (κ1) is 13.3. The zero-order valence-electron chi connectivity index (χ0n) is 9.70. The van der Waals surface area contributed by atoms with Crippen LogP contribution in [0.3, 0.4) is 0 Å². The van der Waals surface area contributed by atoms with Gasteiger partial charge in [-0.05, 0) is 18.2 Å². The van der Waals surface area contributed by atoms with Crippen LogP contribution in [-0.4, -0.2) is 43.7 Å². The second-order valence-electron chi connectivity index (χ2n) is 3.86. The Morgan fingerprint density at radius 1 is 1.44 bits per heavy atom. The van der Waals surface area contributed by atoms with Crippen molar-refractivity contribution in [2.75, 3.05) is 32.9 Å². The molecule has 0 N–H and O–H groups in total. The molecule has 0 unspecified atom stereocenters. The molecule has 1 aromatic rings. The van der Waals surface area contributed by atoms with Gasteiger partial charge in [-0.25, -0.2) is 4.39 Å². The number of halogens is 2. The highest BCUT2D eigenvalue weighted by Crippen LogP contribution is 2.21. The number of carbonyl (C=O) groups excluding carboxylic acids is 1. The first-order valence-corrected chi connectivity index (χ1v) is 6.39. The molecular formula is C12H13BrFNO3. The maximum absolute atomic E-state index is 13.4. The van der Waals surface area contributed by atoms with Crippen LogP contribution in [0.4, 0.5) is 4.39 Å². The van der Waals surface area contributed by atoms with Gasteiger partial charge >= 0.3 is 0 Å². The van der Waals surface area contributed by atoms with E-state index in [1.54, 1.807) is 11.0 Å². The Kier molecular flexibility index (Phi) is 4.54. The lowest BCUT2D eigenvalue weighted by molar-refractivity contribution is -0.137. The fourth-order valence-corrected chi connectivity index (χ4v) is 1.97. The van der Waals surface area contributed by atoms with E-state index < -0.39 is 5.82 Å². The molecule has 0 radical (unpaired) electrons. The van der Waals surface area contributed by atoms with Gasteiger partial charge in [0.05, 0.1) is 13.2 Å². The summed E-state index contributed by atoms with van der Waals surface area (Å²) in [4.78, 5) is 13.4. The molecule has 1 aliphatic heterocycles. The van der Waals surface area contributed by atoms with Crippen LogP contribution in [0.15, 0.2) is 22.7 Å². The fraction of sp³-hybridized carbons (Fsp3) is 0.417. The molecule has 6 heteroatoms. The van der Waals surface area contributed by atoms with Crippen molar-refractivity contribution in [3.8, 4) is 5.75 Å². The molecule has 18 heavy (non-hydrogen) atoms. The van der Waals surface area contributed by atoms with Gasteiger partial charge in [-0.2, -0.15) is 0 Å². The van der Waals surface area contributed by atoms with Crippen LogP contribution >= 0.6 is 15.9 Å². The minimum atomic E-state index is -0.487. The van der Waals surface area contributed by atoms with Crippen LogP contribution in [0.25, 0.3) is 0 Å². The molecule has 0 saturated carbocycles. The maximum atomic E-state index is 13.4. The highest BCUT2D eigenvalue weighted by molar-refractivity contribution is 9.10. The molecule has 98 valence electrons. The number of benzene rings is 1. The van der Waals surface area contributed by atoms with Crippen LogP contribution in [0, 0.1) is 5.82 Å². The van der Waals surface area contributed by atoms with E-state index in [2.05, 4.69) is 15.9 Å². The summed E-state index contributed by atoms with van der Waals surface area (Å²) in [6.07, 6.45) is 0. The molecule has 4 nitrogen and oxygen atoms in total. The average molecular weight is 318 g/mol. The Labute approximate surface area is 113 Å². The normalized spacial score (nSPS) is 15.6. The van der Waals surface area contributed by atoms with Crippen molar-refractivity contribution >= 4 is 21.8 Å². The first-order valence-electron chi connectivity index (χ1n) is 5.60. The monoisotopic (exact) mass is 317 g/mol. The van der Waals surface area contributed by atoms with Gasteiger partial charge in [0.15, 0.2) is 18.2 Å². The Balaban J connectivity index is 1.88. The van der Waals surface area contributed by atoms with Crippen LogP contribution < -0.4 is 4.74 Å². The smallest absolute Gasteiger partial charge is 0.260 e. The number of amides is 1. The second-order valence-corrected chi connectivity index (χ2v) is 4.77. The van der Waals surface area contributed by atoms with E-state index >= 15 is 0 Å². The number of rotatable bonds is 3. The summed E-state index contributed by atoms with van der Waals surface area (Å²) in [6.45, 7) is 2.05. The molecule has 0 atom stereocenters. The third kappa shape index (κ3) is 3.43. The minimum absolute atomic E-state index is 0.0832. The third-order valence-electron chi connectivity index (χ3n) is 2.61. The summed E-state index contributed by atoms with van der Waals surface area (Å²) >= 11 is 3.15. The number of hydrogen-bond donors (Lipinski definition) is 0. The quantitative estimate of drug-likeness (QED) is 0.853. The summed E-state index contributed by atoms with van der Waals surface area (Å²) in [5.74, 6) is -0.556. The van der Waals surface area contributed by atoms with Gasteiger partial charge in [0.1, 0.15) is 0 Å². The van der Waals surface area contributed by atoms with Gasteiger partial charge in [0.25, 0.3) is 5.91 Å². The van der Waals surface area contributed by atoms with Gasteiger partial charge in [-0.3, -0.25) is 4.79 Å². The molecule has 1 saturated heterocycles. The van der Waals surface area contributed by atoms with E-state index in [-0.39, 0.29) is 18.3 Å². The molecule has 1 fully saturated rings. The van der Waals surface area contributed by atoms with Crippen molar-refractivity contribution in [3.63, 3.8) is 0 Å². The molecular weight excluding hydrogens is 305 g/mol. The molecule has 1 aliphatic rings. The lowest BCUT2D eigenvalue weighted by atomic mass is 10.3. The second kappa shape index (κ2) is 6.15. The Morgan fingerprint density at radius 2 is 2.17 bits per heavy atom. The van der Waals surface area contributed by atoms with Gasteiger partial charge in [0.2, 0.25) is 0 Å². The fourth-order valence-electron chi connectivity index (χ4n) is 1.64. The standard InChI is InChI=1S/C12H13BrFNO3/c13-9-1-2-11(10(14)7-9)18-8-12(16)15-3-5-17-6-4-15/h1-2,7H,3-6,8H2. The van der Waals surface area contributed by atoms with Crippen molar-refractivity contribution in [3.05, 3.63) is 28.5 Å². The van der Waals surface area contributed by atoms with E-state index in [0.29, 0.717) is 30.8 Å². The number of ether oxygens (including phenoxy) is 2. The zero-order valence-corrected chi connectivity index (χ0v) is 11.3. The van der Waals surface area contributed by atoms with Crippen molar-refractivity contribution in [1.29, 1.82) is 0 Å². The Morgan fingerprint density at radius 3 is 2.83 bits per heavy atom. The van der Waals surface area contributed by atoms with Gasteiger partial charge in [0, 0.05) is 17.6 Å². The number of carbonyl (C=O) groups is 1.